The average Bonchev–Trinajstić information content (AvgIpc) is 3.08. The van der Waals surface area contributed by atoms with E-state index in [1.807, 2.05) is 25.1 Å². The van der Waals surface area contributed by atoms with Gasteiger partial charge in [-0.3, -0.25) is 4.79 Å². The predicted molar refractivity (Wildman–Crippen MR) is 119 cm³/mol. The number of rotatable bonds is 9. The number of ether oxygens (including phenoxy) is 1. The SMILES string of the molecule is CCc1cc(=O)n2nc(N[C@H](CC(C)C)c3ccccc3OCC(C)C)sc2n1. The average molecular weight is 415 g/mol. The number of benzene rings is 1. The Hall–Kier alpha value is -2.41. The van der Waals surface area contributed by atoms with Gasteiger partial charge in [0.1, 0.15) is 5.75 Å². The van der Waals surface area contributed by atoms with Crippen LogP contribution in [0.15, 0.2) is 35.1 Å². The van der Waals surface area contributed by atoms with Crippen molar-refractivity contribution in [3.05, 3.63) is 51.9 Å². The molecule has 3 aromatic rings. The number of anilines is 1. The Bertz CT molecular complexity index is 1010. The van der Waals surface area contributed by atoms with Gasteiger partial charge in [-0.2, -0.15) is 4.52 Å². The molecule has 1 atom stereocenters. The van der Waals surface area contributed by atoms with Crippen molar-refractivity contribution in [2.75, 3.05) is 11.9 Å². The molecular weight excluding hydrogens is 384 g/mol. The quantitative estimate of drug-likeness (QED) is 0.537. The lowest BCUT2D eigenvalue weighted by atomic mass is 9.96. The van der Waals surface area contributed by atoms with Gasteiger partial charge in [-0.25, -0.2) is 4.98 Å². The van der Waals surface area contributed by atoms with Crippen LogP contribution in [0.4, 0.5) is 5.13 Å². The lowest BCUT2D eigenvalue weighted by Crippen LogP contribution is -2.17. The summed E-state index contributed by atoms with van der Waals surface area (Å²) < 4.78 is 7.46. The Morgan fingerprint density at radius 1 is 1.17 bits per heavy atom. The smallest absolute Gasteiger partial charge is 0.275 e. The molecule has 0 spiro atoms. The highest BCUT2D eigenvalue weighted by molar-refractivity contribution is 7.20. The molecule has 1 N–H and O–H groups in total. The maximum absolute atomic E-state index is 12.3. The summed E-state index contributed by atoms with van der Waals surface area (Å²) in [4.78, 5) is 17.5. The number of aromatic nitrogens is 3. The molecule has 0 fully saturated rings. The van der Waals surface area contributed by atoms with Gasteiger partial charge in [0.25, 0.3) is 5.56 Å². The van der Waals surface area contributed by atoms with Crippen LogP contribution in [-0.2, 0) is 6.42 Å². The molecule has 0 amide bonds. The van der Waals surface area contributed by atoms with E-state index in [0.29, 0.717) is 28.5 Å². The van der Waals surface area contributed by atoms with E-state index in [2.05, 4.69) is 49.2 Å². The number of hydrogen-bond acceptors (Lipinski definition) is 6. The molecule has 29 heavy (non-hydrogen) atoms. The molecule has 0 aliphatic heterocycles. The first-order valence-electron chi connectivity index (χ1n) is 10.3. The molecule has 7 heteroatoms. The Balaban J connectivity index is 1.94. The van der Waals surface area contributed by atoms with Gasteiger partial charge in [-0.15, -0.1) is 5.10 Å². The van der Waals surface area contributed by atoms with Crippen molar-refractivity contribution in [3.63, 3.8) is 0 Å². The van der Waals surface area contributed by atoms with Crippen LogP contribution in [0.1, 0.15) is 58.3 Å². The fourth-order valence-electron chi connectivity index (χ4n) is 3.14. The van der Waals surface area contributed by atoms with Gasteiger partial charge in [-0.1, -0.05) is 64.2 Å². The maximum atomic E-state index is 12.3. The molecule has 0 saturated heterocycles. The van der Waals surface area contributed by atoms with Gasteiger partial charge in [0.05, 0.1) is 12.6 Å². The topological polar surface area (TPSA) is 68.5 Å². The summed E-state index contributed by atoms with van der Waals surface area (Å²) in [6, 6.07) is 9.73. The highest BCUT2D eigenvalue weighted by Crippen LogP contribution is 2.33. The van der Waals surface area contributed by atoms with E-state index >= 15 is 0 Å². The Kier molecular flexibility index (Phi) is 6.90. The van der Waals surface area contributed by atoms with Crippen molar-refractivity contribution in [1.29, 1.82) is 0 Å². The zero-order valence-electron chi connectivity index (χ0n) is 17.8. The second kappa shape index (κ2) is 9.39. The highest BCUT2D eigenvalue weighted by atomic mass is 32.1. The number of para-hydroxylation sites is 1. The molecule has 0 aliphatic carbocycles. The van der Waals surface area contributed by atoms with Gasteiger partial charge in [0, 0.05) is 17.3 Å². The molecule has 6 nitrogen and oxygen atoms in total. The Labute approximate surface area is 176 Å². The summed E-state index contributed by atoms with van der Waals surface area (Å²) >= 11 is 1.40. The summed E-state index contributed by atoms with van der Waals surface area (Å²) in [6.07, 6.45) is 1.64. The van der Waals surface area contributed by atoms with Crippen LogP contribution in [0.3, 0.4) is 0 Å². The van der Waals surface area contributed by atoms with Crippen LogP contribution in [0.25, 0.3) is 4.96 Å². The monoisotopic (exact) mass is 414 g/mol. The zero-order chi connectivity index (χ0) is 21.0. The molecule has 0 unspecified atom stereocenters. The van der Waals surface area contributed by atoms with Crippen LogP contribution in [-0.4, -0.2) is 21.2 Å². The van der Waals surface area contributed by atoms with Crippen molar-refractivity contribution in [2.45, 2.75) is 53.5 Å². The summed E-state index contributed by atoms with van der Waals surface area (Å²) in [7, 11) is 0. The van der Waals surface area contributed by atoms with Crippen molar-refractivity contribution in [3.8, 4) is 5.75 Å². The van der Waals surface area contributed by atoms with Gasteiger partial charge < -0.3 is 10.1 Å². The highest BCUT2D eigenvalue weighted by Gasteiger charge is 2.20. The van der Waals surface area contributed by atoms with Crippen LogP contribution in [0.5, 0.6) is 5.75 Å². The lowest BCUT2D eigenvalue weighted by Gasteiger charge is -2.23. The van der Waals surface area contributed by atoms with Crippen molar-refractivity contribution in [1.82, 2.24) is 14.6 Å². The number of nitrogens with zero attached hydrogens (tertiary/aromatic N) is 3. The van der Waals surface area contributed by atoms with E-state index in [1.54, 1.807) is 6.07 Å². The fraction of sp³-hybridized carbons (Fsp3) is 0.500. The van der Waals surface area contributed by atoms with Crippen LogP contribution in [0, 0.1) is 11.8 Å². The molecule has 0 radical (unpaired) electrons. The van der Waals surface area contributed by atoms with Crippen molar-refractivity contribution >= 4 is 21.4 Å². The first kappa shape index (κ1) is 21.3. The minimum absolute atomic E-state index is 0.0280. The van der Waals surface area contributed by atoms with E-state index < -0.39 is 0 Å². The fourth-order valence-corrected chi connectivity index (χ4v) is 4.01. The van der Waals surface area contributed by atoms with Gasteiger partial charge in [-0.05, 0) is 30.7 Å². The summed E-state index contributed by atoms with van der Waals surface area (Å²) in [5.74, 6) is 1.83. The van der Waals surface area contributed by atoms with Crippen LogP contribution >= 0.6 is 11.3 Å². The molecule has 0 aliphatic rings. The van der Waals surface area contributed by atoms with E-state index in [1.165, 1.54) is 15.9 Å². The number of aryl methyl sites for hydroxylation is 1. The maximum Gasteiger partial charge on any atom is 0.275 e. The molecular formula is C22H30N4O2S. The first-order chi connectivity index (χ1) is 13.9. The van der Waals surface area contributed by atoms with E-state index in [-0.39, 0.29) is 11.6 Å². The van der Waals surface area contributed by atoms with Gasteiger partial charge in [0.2, 0.25) is 10.1 Å². The molecule has 0 saturated carbocycles. The Morgan fingerprint density at radius 3 is 2.62 bits per heavy atom. The second-order valence-corrected chi connectivity index (χ2v) is 9.07. The second-order valence-electron chi connectivity index (χ2n) is 8.11. The van der Waals surface area contributed by atoms with E-state index in [4.69, 9.17) is 4.74 Å². The minimum Gasteiger partial charge on any atom is -0.493 e. The van der Waals surface area contributed by atoms with Crippen molar-refractivity contribution < 1.29 is 4.74 Å². The van der Waals surface area contributed by atoms with Crippen molar-refractivity contribution in [2.24, 2.45) is 11.8 Å². The van der Waals surface area contributed by atoms with E-state index in [0.717, 1.165) is 29.8 Å². The Morgan fingerprint density at radius 2 is 1.93 bits per heavy atom. The summed E-state index contributed by atoms with van der Waals surface area (Å²) in [5.41, 5.74) is 1.75. The molecule has 3 rings (SSSR count). The third kappa shape index (κ3) is 5.35. The predicted octanol–water partition coefficient (Wildman–Crippen LogP) is 4.95. The molecule has 156 valence electrons. The summed E-state index contributed by atoms with van der Waals surface area (Å²) in [6.45, 7) is 11.3. The van der Waals surface area contributed by atoms with Crippen LogP contribution in [0.2, 0.25) is 0 Å². The minimum atomic E-state index is -0.141. The number of fused-ring (bicyclic) bond motifs is 1. The summed E-state index contributed by atoms with van der Waals surface area (Å²) in [5, 5.41) is 8.70. The lowest BCUT2D eigenvalue weighted by molar-refractivity contribution is 0.267. The van der Waals surface area contributed by atoms with E-state index in [9.17, 15) is 4.79 Å². The first-order valence-corrected chi connectivity index (χ1v) is 11.1. The molecule has 0 bridgehead atoms. The molecule has 2 heterocycles. The zero-order valence-corrected chi connectivity index (χ0v) is 18.6. The number of hydrogen-bond donors (Lipinski definition) is 1. The van der Waals surface area contributed by atoms with Crippen LogP contribution < -0.4 is 15.6 Å². The third-order valence-electron chi connectivity index (χ3n) is 4.53. The third-order valence-corrected chi connectivity index (χ3v) is 5.37. The number of nitrogens with one attached hydrogen (secondary N) is 1. The normalized spacial score (nSPS) is 12.7. The standard InChI is InChI=1S/C22H30N4O2S/c1-6-16-12-20(27)26-22(23-16)29-21(25-26)24-18(11-14(2)3)17-9-7-8-10-19(17)28-13-15(4)5/h7-10,12,14-15,18H,6,11,13H2,1-5H3,(H,24,25)/t18-/m1/s1. The molecule has 1 aromatic carbocycles. The molecule has 2 aromatic heterocycles. The van der Waals surface area contributed by atoms with Gasteiger partial charge >= 0.3 is 0 Å². The largest absolute Gasteiger partial charge is 0.493 e. The van der Waals surface area contributed by atoms with Gasteiger partial charge in [0.15, 0.2) is 0 Å².